The van der Waals surface area contributed by atoms with Gasteiger partial charge in [0.05, 0.1) is 16.6 Å². The third-order valence-corrected chi connectivity index (χ3v) is 9.59. The molecule has 0 unspecified atom stereocenters. The largest absolute Gasteiger partial charge is 0.377 e. The third-order valence-electron chi connectivity index (χ3n) is 6.46. The minimum atomic E-state index is -3.55. The summed E-state index contributed by atoms with van der Waals surface area (Å²) in [6.45, 7) is 0.815. The highest BCUT2D eigenvalue weighted by Gasteiger charge is 2.29. The van der Waals surface area contributed by atoms with Crippen molar-refractivity contribution in [2.45, 2.75) is 66.9 Å². The lowest BCUT2D eigenvalue weighted by Gasteiger charge is -2.30. The Morgan fingerprint density at radius 1 is 1.03 bits per heavy atom. The smallest absolute Gasteiger partial charge is 0.256 e. The zero-order valence-electron chi connectivity index (χ0n) is 19.0. The van der Waals surface area contributed by atoms with E-state index in [4.69, 9.17) is 4.74 Å². The first kappa shape index (κ1) is 24.3. The molecular weight excluding hydrogens is 456 g/mol. The summed E-state index contributed by atoms with van der Waals surface area (Å²) in [5.74, 6) is 0.617. The van der Waals surface area contributed by atoms with E-state index in [1.807, 2.05) is 24.3 Å². The predicted molar refractivity (Wildman–Crippen MR) is 132 cm³/mol. The Morgan fingerprint density at radius 3 is 2.45 bits per heavy atom. The van der Waals surface area contributed by atoms with E-state index >= 15 is 0 Å². The van der Waals surface area contributed by atoms with Crippen LogP contribution in [0.25, 0.3) is 0 Å². The van der Waals surface area contributed by atoms with Gasteiger partial charge in [-0.2, -0.15) is 4.31 Å². The minimum Gasteiger partial charge on any atom is -0.377 e. The van der Waals surface area contributed by atoms with E-state index in [9.17, 15) is 13.2 Å². The summed E-state index contributed by atoms with van der Waals surface area (Å²) in [6.07, 6.45) is 7.54. The van der Waals surface area contributed by atoms with Gasteiger partial charge in [-0.05, 0) is 62.1 Å². The third kappa shape index (κ3) is 5.98. The molecule has 0 aromatic heterocycles. The second-order valence-corrected chi connectivity index (χ2v) is 11.8. The molecular formula is C25H32N2O4S2. The van der Waals surface area contributed by atoms with E-state index in [2.05, 4.69) is 5.32 Å². The van der Waals surface area contributed by atoms with Crippen molar-refractivity contribution in [2.24, 2.45) is 0 Å². The first-order chi connectivity index (χ1) is 15.9. The Balaban J connectivity index is 1.41. The van der Waals surface area contributed by atoms with Crippen LogP contribution in [0.2, 0.25) is 0 Å². The van der Waals surface area contributed by atoms with Crippen LogP contribution in [-0.2, 0) is 14.8 Å². The molecule has 1 amide bonds. The fourth-order valence-electron chi connectivity index (χ4n) is 4.45. The van der Waals surface area contributed by atoms with Crippen LogP contribution in [0.3, 0.4) is 0 Å². The van der Waals surface area contributed by atoms with E-state index in [0.29, 0.717) is 11.3 Å². The number of rotatable bonds is 8. The maximum atomic E-state index is 13.0. The van der Waals surface area contributed by atoms with Crippen LogP contribution >= 0.6 is 11.8 Å². The molecule has 6 nitrogen and oxygen atoms in total. The normalized spacial score (nSPS) is 19.6. The van der Waals surface area contributed by atoms with Crippen LogP contribution < -0.4 is 5.32 Å². The molecule has 8 heteroatoms. The zero-order valence-corrected chi connectivity index (χ0v) is 20.7. The molecule has 1 heterocycles. The summed E-state index contributed by atoms with van der Waals surface area (Å²) < 4.78 is 33.3. The highest BCUT2D eigenvalue weighted by Crippen LogP contribution is 2.29. The summed E-state index contributed by atoms with van der Waals surface area (Å²) >= 11 is 1.64. The number of thioether (sulfide) groups is 1. The second-order valence-electron chi connectivity index (χ2n) is 8.73. The molecule has 0 spiro atoms. The summed E-state index contributed by atoms with van der Waals surface area (Å²) in [7, 11) is -1.88. The van der Waals surface area contributed by atoms with E-state index in [0.717, 1.165) is 55.8 Å². The van der Waals surface area contributed by atoms with Crippen molar-refractivity contribution in [3.05, 3.63) is 54.1 Å². The van der Waals surface area contributed by atoms with Crippen molar-refractivity contribution in [1.82, 2.24) is 4.31 Å². The van der Waals surface area contributed by atoms with Gasteiger partial charge in [-0.15, -0.1) is 11.8 Å². The molecule has 1 aliphatic carbocycles. The topological polar surface area (TPSA) is 75.7 Å². The molecule has 2 aromatic carbocycles. The Hall–Kier alpha value is -1.87. The average Bonchev–Trinajstić information content (AvgIpc) is 3.37. The van der Waals surface area contributed by atoms with Gasteiger partial charge >= 0.3 is 0 Å². The van der Waals surface area contributed by atoms with Gasteiger partial charge < -0.3 is 10.1 Å². The lowest BCUT2D eigenvalue weighted by molar-refractivity contribution is 0.102. The number of hydrogen-bond acceptors (Lipinski definition) is 5. The number of anilines is 1. The van der Waals surface area contributed by atoms with Gasteiger partial charge in [0.15, 0.2) is 0 Å². The van der Waals surface area contributed by atoms with Gasteiger partial charge in [-0.25, -0.2) is 8.42 Å². The molecule has 2 aliphatic rings. The van der Waals surface area contributed by atoms with Crippen LogP contribution in [0, 0.1) is 0 Å². The van der Waals surface area contributed by atoms with Crippen molar-refractivity contribution < 1.29 is 17.9 Å². The van der Waals surface area contributed by atoms with Crippen LogP contribution in [0.5, 0.6) is 0 Å². The SMILES string of the molecule is CN(C1CCCCC1)S(=O)(=O)c1ccc(NC(=O)c2ccccc2SC[C@@H]2CCCO2)cc1. The number of benzene rings is 2. The fraction of sp³-hybridized carbons (Fsp3) is 0.480. The predicted octanol–water partition coefficient (Wildman–Crippen LogP) is 5.16. The zero-order chi connectivity index (χ0) is 23.3. The van der Waals surface area contributed by atoms with Crippen molar-refractivity contribution in [3.8, 4) is 0 Å². The van der Waals surface area contributed by atoms with E-state index in [-0.39, 0.29) is 22.9 Å². The molecule has 1 aliphatic heterocycles. The number of carbonyl (C=O) groups excluding carboxylic acids is 1. The Labute approximate surface area is 201 Å². The first-order valence-electron chi connectivity index (χ1n) is 11.7. The monoisotopic (exact) mass is 488 g/mol. The summed E-state index contributed by atoms with van der Waals surface area (Å²) in [5, 5.41) is 2.91. The standard InChI is InChI=1S/C25H32N2O4S2/c1-27(20-8-3-2-4-9-20)33(29,30)22-15-13-19(14-16-22)26-25(28)23-11-5-6-12-24(23)32-18-21-10-7-17-31-21/h5-6,11-16,20-21H,2-4,7-10,17-18H2,1H3,(H,26,28)/t21-/m0/s1. The molecule has 0 radical (unpaired) electrons. The molecule has 0 bridgehead atoms. The van der Waals surface area contributed by atoms with E-state index in [1.54, 1.807) is 43.1 Å². The van der Waals surface area contributed by atoms with Gasteiger partial charge in [0.1, 0.15) is 0 Å². The molecule has 178 valence electrons. The van der Waals surface area contributed by atoms with Crippen LogP contribution in [0.1, 0.15) is 55.3 Å². The van der Waals surface area contributed by atoms with Crippen LogP contribution in [-0.4, -0.2) is 50.2 Å². The van der Waals surface area contributed by atoms with Crippen molar-refractivity contribution in [3.63, 3.8) is 0 Å². The lowest BCUT2D eigenvalue weighted by atomic mass is 9.96. The quantitative estimate of drug-likeness (QED) is 0.519. The van der Waals surface area contributed by atoms with Gasteiger partial charge in [-0.3, -0.25) is 4.79 Å². The molecule has 1 N–H and O–H groups in total. The number of nitrogens with one attached hydrogen (secondary N) is 1. The van der Waals surface area contributed by atoms with Crippen LogP contribution in [0.15, 0.2) is 58.3 Å². The summed E-state index contributed by atoms with van der Waals surface area (Å²) in [5.41, 5.74) is 1.17. The molecule has 1 saturated heterocycles. The van der Waals surface area contributed by atoms with Crippen molar-refractivity contribution in [1.29, 1.82) is 0 Å². The number of sulfonamides is 1. The Kier molecular flexibility index (Phi) is 8.11. The van der Waals surface area contributed by atoms with Crippen LogP contribution in [0.4, 0.5) is 5.69 Å². The van der Waals surface area contributed by atoms with Gasteiger partial charge in [-0.1, -0.05) is 31.4 Å². The molecule has 1 atom stereocenters. The number of ether oxygens (including phenoxy) is 1. The number of amides is 1. The lowest BCUT2D eigenvalue weighted by Crippen LogP contribution is -2.38. The molecule has 1 saturated carbocycles. The van der Waals surface area contributed by atoms with Gasteiger partial charge in [0.2, 0.25) is 10.0 Å². The number of nitrogens with zero attached hydrogens (tertiary/aromatic N) is 1. The maximum absolute atomic E-state index is 13.0. The maximum Gasteiger partial charge on any atom is 0.256 e. The number of carbonyl (C=O) groups is 1. The second kappa shape index (κ2) is 11.0. The number of hydrogen-bond donors (Lipinski definition) is 1. The van der Waals surface area contributed by atoms with Crippen molar-refractivity contribution >= 4 is 33.4 Å². The summed E-state index contributed by atoms with van der Waals surface area (Å²) in [6, 6.07) is 14.1. The average molecular weight is 489 g/mol. The van der Waals surface area contributed by atoms with E-state index < -0.39 is 10.0 Å². The highest BCUT2D eigenvalue weighted by atomic mass is 32.2. The van der Waals surface area contributed by atoms with Gasteiger partial charge in [0, 0.05) is 36.0 Å². The van der Waals surface area contributed by atoms with Gasteiger partial charge in [0.25, 0.3) is 5.91 Å². The summed E-state index contributed by atoms with van der Waals surface area (Å²) in [4.78, 5) is 14.1. The Bertz CT molecular complexity index is 1040. The molecule has 33 heavy (non-hydrogen) atoms. The van der Waals surface area contributed by atoms with E-state index in [1.165, 1.54) is 10.7 Å². The minimum absolute atomic E-state index is 0.0618. The molecule has 2 fully saturated rings. The molecule has 2 aromatic rings. The first-order valence-corrected chi connectivity index (χ1v) is 14.1. The molecule has 4 rings (SSSR count). The Morgan fingerprint density at radius 2 is 1.76 bits per heavy atom. The highest BCUT2D eigenvalue weighted by molar-refractivity contribution is 7.99. The van der Waals surface area contributed by atoms with Crippen molar-refractivity contribution in [2.75, 3.05) is 24.7 Å². The fourth-order valence-corrected chi connectivity index (χ4v) is 6.99.